The normalized spacial score (nSPS) is 14.2. The van der Waals surface area contributed by atoms with E-state index in [-0.39, 0.29) is 10.8 Å². The summed E-state index contributed by atoms with van der Waals surface area (Å²) >= 11 is 13.3. The van der Waals surface area contributed by atoms with Gasteiger partial charge in [0.15, 0.2) is 11.2 Å². The van der Waals surface area contributed by atoms with Crippen molar-refractivity contribution in [2.45, 2.75) is 24.3 Å². The van der Waals surface area contributed by atoms with Crippen LogP contribution in [0.5, 0.6) is 5.75 Å². The predicted molar refractivity (Wildman–Crippen MR) is 122 cm³/mol. The van der Waals surface area contributed by atoms with Gasteiger partial charge in [0.25, 0.3) is 15.9 Å². The molecule has 1 amide bonds. The fourth-order valence-corrected chi connectivity index (χ4v) is 5.41. The van der Waals surface area contributed by atoms with Crippen LogP contribution in [0.4, 0.5) is 10.8 Å². The summed E-state index contributed by atoms with van der Waals surface area (Å²) < 4.78 is 33.4. The second-order valence-corrected chi connectivity index (χ2v) is 10.2. The fraction of sp³-hybridized carbons (Fsp3) is 0.200. The molecule has 1 aromatic heterocycles. The van der Waals surface area contributed by atoms with Gasteiger partial charge in [0, 0.05) is 34.9 Å². The molecule has 1 N–H and O–H groups in total. The fourth-order valence-electron chi connectivity index (χ4n) is 3.25. The number of nitrogens with zero attached hydrogens (tertiary/aromatic N) is 2. The maximum Gasteiger partial charge on any atom is 0.267 e. The lowest BCUT2D eigenvalue weighted by Gasteiger charge is -2.23. The van der Waals surface area contributed by atoms with E-state index >= 15 is 0 Å². The third kappa shape index (κ3) is 4.64. The molecule has 0 aliphatic carbocycles. The van der Waals surface area contributed by atoms with E-state index in [1.807, 2.05) is 0 Å². The number of benzene rings is 2. The number of fused-ring (bicyclic) bond motifs is 1. The van der Waals surface area contributed by atoms with Gasteiger partial charge >= 0.3 is 0 Å². The van der Waals surface area contributed by atoms with E-state index in [1.54, 1.807) is 47.5 Å². The third-order valence-corrected chi connectivity index (χ3v) is 7.42. The summed E-state index contributed by atoms with van der Waals surface area (Å²) in [6.45, 7) is 2.06. The lowest BCUT2D eigenvalue weighted by atomic mass is 10.2. The lowest BCUT2D eigenvalue weighted by molar-refractivity contribution is -0.124. The summed E-state index contributed by atoms with van der Waals surface area (Å²) in [6.07, 6.45) is 1.25. The summed E-state index contributed by atoms with van der Waals surface area (Å²) in [4.78, 5) is 18.6. The Hall–Kier alpha value is -2.33. The number of amides is 1. The first-order chi connectivity index (χ1) is 14.7. The second-order valence-electron chi connectivity index (χ2n) is 6.81. The third-order valence-electron chi connectivity index (χ3n) is 4.72. The first-order valence-corrected chi connectivity index (χ1v) is 12.3. The van der Waals surface area contributed by atoms with Gasteiger partial charge < -0.3 is 9.64 Å². The van der Waals surface area contributed by atoms with Gasteiger partial charge in [-0.25, -0.2) is 13.4 Å². The molecular formula is C20H17Cl2N3O4S2. The Balaban J connectivity index is 1.52. The van der Waals surface area contributed by atoms with Gasteiger partial charge in [-0.15, -0.1) is 11.3 Å². The monoisotopic (exact) mass is 497 g/mol. The average molecular weight is 498 g/mol. The van der Waals surface area contributed by atoms with Crippen LogP contribution < -0.4 is 14.4 Å². The first kappa shape index (κ1) is 21.9. The van der Waals surface area contributed by atoms with Crippen molar-refractivity contribution in [1.29, 1.82) is 0 Å². The predicted octanol–water partition coefficient (Wildman–Crippen LogP) is 4.61. The Morgan fingerprint density at radius 3 is 2.81 bits per heavy atom. The van der Waals surface area contributed by atoms with Gasteiger partial charge in [-0.2, -0.15) is 0 Å². The molecule has 0 fully saturated rings. The number of sulfonamides is 1. The number of aromatic nitrogens is 1. The molecule has 2 aromatic carbocycles. The van der Waals surface area contributed by atoms with Crippen LogP contribution in [-0.2, 0) is 21.2 Å². The molecule has 4 rings (SSSR count). The molecule has 0 saturated heterocycles. The molecular weight excluding hydrogens is 481 g/mol. The molecule has 1 aliphatic rings. The molecule has 0 spiro atoms. The Morgan fingerprint density at radius 1 is 1.26 bits per heavy atom. The van der Waals surface area contributed by atoms with Crippen molar-refractivity contribution in [3.05, 3.63) is 63.6 Å². The van der Waals surface area contributed by atoms with E-state index in [0.717, 1.165) is 5.56 Å². The van der Waals surface area contributed by atoms with Crippen LogP contribution in [0, 0.1) is 0 Å². The standard InChI is InChI=1S/C20H17Cl2N3O4S2/c1-12(29-18-11-14(21)2-4-16(18)22)19(26)25-8-6-13-10-15(3-5-17(13)25)31(27,28)24-20-23-7-9-30-20/h2-5,7,9-12H,6,8H2,1H3,(H,23,24). The minimum atomic E-state index is -3.77. The molecule has 3 aromatic rings. The van der Waals surface area contributed by atoms with Crippen LogP contribution in [0.15, 0.2) is 52.9 Å². The Kier molecular flexibility index (Phi) is 6.11. The number of halogens is 2. The highest BCUT2D eigenvalue weighted by molar-refractivity contribution is 7.93. The zero-order chi connectivity index (χ0) is 22.2. The number of anilines is 2. The maximum absolute atomic E-state index is 13.0. The van der Waals surface area contributed by atoms with Gasteiger partial charge in [-0.1, -0.05) is 23.2 Å². The van der Waals surface area contributed by atoms with Gasteiger partial charge in [0.05, 0.1) is 9.92 Å². The molecule has 162 valence electrons. The van der Waals surface area contributed by atoms with Crippen LogP contribution in [0.25, 0.3) is 0 Å². The van der Waals surface area contributed by atoms with Crippen LogP contribution in [0.2, 0.25) is 10.0 Å². The molecule has 11 heteroatoms. The van der Waals surface area contributed by atoms with Crippen molar-refractivity contribution in [3.63, 3.8) is 0 Å². The van der Waals surface area contributed by atoms with Crippen molar-refractivity contribution < 1.29 is 17.9 Å². The molecule has 7 nitrogen and oxygen atoms in total. The number of carbonyl (C=O) groups excluding carboxylic acids is 1. The molecule has 0 saturated carbocycles. The molecule has 1 atom stereocenters. The van der Waals surface area contributed by atoms with Crippen LogP contribution >= 0.6 is 34.5 Å². The van der Waals surface area contributed by atoms with Crippen molar-refractivity contribution >= 4 is 61.3 Å². The van der Waals surface area contributed by atoms with E-state index in [9.17, 15) is 13.2 Å². The minimum Gasteiger partial charge on any atom is -0.479 e. The van der Waals surface area contributed by atoms with Crippen LogP contribution in [-0.4, -0.2) is 32.0 Å². The molecule has 0 radical (unpaired) electrons. The van der Waals surface area contributed by atoms with E-state index in [1.165, 1.54) is 23.6 Å². The number of thiazole rings is 1. The highest BCUT2D eigenvalue weighted by atomic mass is 35.5. The number of hydrogen-bond acceptors (Lipinski definition) is 6. The van der Waals surface area contributed by atoms with Crippen molar-refractivity contribution in [2.75, 3.05) is 16.2 Å². The largest absolute Gasteiger partial charge is 0.479 e. The summed E-state index contributed by atoms with van der Waals surface area (Å²) in [5.74, 6) is 0.0652. The van der Waals surface area contributed by atoms with Crippen molar-refractivity contribution in [3.8, 4) is 5.75 Å². The van der Waals surface area contributed by atoms with Crippen molar-refractivity contribution in [2.24, 2.45) is 0 Å². The smallest absolute Gasteiger partial charge is 0.267 e. The molecule has 2 heterocycles. The Morgan fingerprint density at radius 2 is 2.06 bits per heavy atom. The summed E-state index contributed by atoms with van der Waals surface area (Å²) in [6, 6.07) is 9.48. The van der Waals surface area contributed by atoms with Gasteiger partial charge in [0.2, 0.25) is 0 Å². The lowest BCUT2D eigenvalue weighted by Crippen LogP contribution is -2.39. The number of nitrogens with one attached hydrogen (secondary N) is 1. The van der Waals surface area contributed by atoms with Crippen molar-refractivity contribution in [1.82, 2.24) is 4.98 Å². The van der Waals surface area contributed by atoms with E-state index in [2.05, 4.69) is 9.71 Å². The number of carbonyl (C=O) groups is 1. The molecule has 1 unspecified atom stereocenters. The zero-order valence-electron chi connectivity index (χ0n) is 16.2. The summed E-state index contributed by atoms with van der Waals surface area (Å²) in [5.41, 5.74) is 1.43. The maximum atomic E-state index is 13.0. The van der Waals surface area contributed by atoms with Crippen LogP contribution in [0.3, 0.4) is 0 Å². The van der Waals surface area contributed by atoms with Gasteiger partial charge in [-0.3, -0.25) is 9.52 Å². The Labute approximate surface area is 193 Å². The van der Waals surface area contributed by atoms with Crippen LogP contribution in [0.1, 0.15) is 12.5 Å². The summed E-state index contributed by atoms with van der Waals surface area (Å²) in [5, 5.41) is 2.78. The topological polar surface area (TPSA) is 88.6 Å². The summed E-state index contributed by atoms with van der Waals surface area (Å²) in [7, 11) is -3.77. The molecule has 31 heavy (non-hydrogen) atoms. The van der Waals surface area contributed by atoms with E-state index in [0.29, 0.717) is 39.6 Å². The molecule has 0 bridgehead atoms. The SMILES string of the molecule is CC(Oc1cc(Cl)ccc1Cl)C(=O)N1CCc2cc(S(=O)(=O)Nc3nccs3)ccc21. The van der Waals surface area contributed by atoms with E-state index in [4.69, 9.17) is 27.9 Å². The van der Waals surface area contributed by atoms with E-state index < -0.39 is 16.1 Å². The minimum absolute atomic E-state index is 0.116. The highest BCUT2D eigenvalue weighted by Gasteiger charge is 2.30. The highest BCUT2D eigenvalue weighted by Crippen LogP contribution is 2.33. The average Bonchev–Trinajstić information content (AvgIpc) is 3.39. The van der Waals surface area contributed by atoms with Gasteiger partial charge in [-0.05, 0) is 49.2 Å². The first-order valence-electron chi connectivity index (χ1n) is 9.23. The zero-order valence-corrected chi connectivity index (χ0v) is 19.4. The quantitative estimate of drug-likeness (QED) is 0.537. The molecule has 1 aliphatic heterocycles. The number of rotatable bonds is 6. The Bertz CT molecular complexity index is 1230. The number of hydrogen-bond donors (Lipinski definition) is 1. The second kappa shape index (κ2) is 8.66. The number of ether oxygens (including phenoxy) is 1. The van der Waals surface area contributed by atoms with Gasteiger partial charge in [0.1, 0.15) is 5.75 Å².